The Labute approximate surface area is 53.3 Å². The van der Waals surface area contributed by atoms with Crippen molar-refractivity contribution in [2.75, 3.05) is 0 Å². The molecule has 0 saturated heterocycles. The van der Waals surface area contributed by atoms with E-state index in [2.05, 4.69) is 5.10 Å². The zero-order valence-electron chi connectivity index (χ0n) is 5.24. The molecule has 0 aliphatic rings. The quantitative estimate of drug-likeness (QED) is 0.544. The first-order chi connectivity index (χ1) is 4.36. The molecule has 9 heavy (non-hydrogen) atoms. The largest absolute Gasteiger partial charge is 0.296 e. The summed E-state index contributed by atoms with van der Waals surface area (Å²) in [5.41, 5.74) is 0.497. The highest BCUT2D eigenvalue weighted by Gasteiger charge is 1.91. The summed E-state index contributed by atoms with van der Waals surface area (Å²) in [6, 6.07) is 1.69. The molecule has 3 nitrogen and oxygen atoms in total. The fourth-order valence-corrected chi connectivity index (χ4v) is 0.616. The van der Waals surface area contributed by atoms with Crippen molar-refractivity contribution >= 4 is 6.29 Å². The van der Waals surface area contributed by atoms with E-state index in [1.165, 1.54) is 0 Å². The molecule has 1 rings (SSSR count). The van der Waals surface area contributed by atoms with Gasteiger partial charge in [-0.25, -0.2) is 0 Å². The third-order valence-corrected chi connectivity index (χ3v) is 1.11. The summed E-state index contributed by atoms with van der Waals surface area (Å²) in [5.74, 6) is 0. The summed E-state index contributed by atoms with van der Waals surface area (Å²) in [7, 11) is 0. The van der Waals surface area contributed by atoms with Crippen molar-refractivity contribution < 1.29 is 4.79 Å². The lowest BCUT2D eigenvalue weighted by molar-refractivity contribution is 0.111. The van der Waals surface area contributed by atoms with Gasteiger partial charge in [0.2, 0.25) is 0 Å². The number of aromatic nitrogens is 2. The molecule has 0 N–H and O–H groups in total. The van der Waals surface area contributed by atoms with Crippen LogP contribution in [0.1, 0.15) is 17.4 Å². The van der Waals surface area contributed by atoms with Crippen LogP contribution in [-0.2, 0) is 6.54 Å². The molecule has 1 aromatic heterocycles. The fourth-order valence-electron chi connectivity index (χ4n) is 0.616. The highest BCUT2D eigenvalue weighted by molar-refractivity contribution is 5.71. The minimum absolute atomic E-state index is 0.497. The number of hydrogen-bond acceptors (Lipinski definition) is 2. The summed E-state index contributed by atoms with van der Waals surface area (Å²) in [6.07, 6.45) is 2.52. The third kappa shape index (κ3) is 1.16. The Balaban J connectivity index is 2.86. The predicted molar refractivity (Wildman–Crippen MR) is 33.3 cm³/mol. The number of carbonyl (C=O) groups is 1. The molecule has 0 bridgehead atoms. The lowest BCUT2D eigenvalue weighted by Crippen LogP contribution is -1.94. The highest BCUT2D eigenvalue weighted by Crippen LogP contribution is 1.89. The maximum absolute atomic E-state index is 10.1. The zero-order chi connectivity index (χ0) is 6.69. The maximum atomic E-state index is 10.1. The van der Waals surface area contributed by atoms with E-state index in [4.69, 9.17) is 0 Å². The van der Waals surface area contributed by atoms with Crippen LogP contribution in [0.25, 0.3) is 0 Å². The van der Waals surface area contributed by atoms with E-state index in [0.29, 0.717) is 5.69 Å². The maximum Gasteiger partial charge on any atom is 0.170 e. The van der Waals surface area contributed by atoms with Gasteiger partial charge in [-0.15, -0.1) is 0 Å². The van der Waals surface area contributed by atoms with Gasteiger partial charge in [-0.3, -0.25) is 9.48 Å². The van der Waals surface area contributed by atoms with Crippen LogP contribution in [0.15, 0.2) is 12.3 Å². The minimum Gasteiger partial charge on any atom is -0.296 e. The van der Waals surface area contributed by atoms with E-state index in [-0.39, 0.29) is 0 Å². The van der Waals surface area contributed by atoms with Gasteiger partial charge in [-0.1, -0.05) is 0 Å². The number of hydrogen-bond donors (Lipinski definition) is 0. The van der Waals surface area contributed by atoms with Crippen molar-refractivity contribution in [3.8, 4) is 0 Å². The van der Waals surface area contributed by atoms with Gasteiger partial charge < -0.3 is 0 Å². The van der Waals surface area contributed by atoms with E-state index in [9.17, 15) is 4.79 Å². The number of rotatable bonds is 2. The Kier molecular flexibility index (Phi) is 1.63. The first-order valence-electron chi connectivity index (χ1n) is 2.85. The first-order valence-corrected chi connectivity index (χ1v) is 2.85. The van der Waals surface area contributed by atoms with Crippen LogP contribution in [0.3, 0.4) is 0 Å². The zero-order valence-corrected chi connectivity index (χ0v) is 5.24. The van der Waals surface area contributed by atoms with E-state index < -0.39 is 0 Å². The SMILES string of the molecule is CCn1ccc(C=O)n1. The smallest absolute Gasteiger partial charge is 0.170 e. The van der Waals surface area contributed by atoms with E-state index in [1.807, 2.05) is 6.92 Å². The van der Waals surface area contributed by atoms with Gasteiger partial charge in [-0.2, -0.15) is 5.10 Å². The molecular formula is C6H8N2O. The summed E-state index contributed by atoms with van der Waals surface area (Å²) >= 11 is 0. The van der Waals surface area contributed by atoms with Crippen molar-refractivity contribution in [2.24, 2.45) is 0 Å². The van der Waals surface area contributed by atoms with Crippen LogP contribution in [0.4, 0.5) is 0 Å². The normalized spacial score (nSPS) is 9.44. The van der Waals surface area contributed by atoms with E-state index >= 15 is 0 Å². The fraction of sp³-hybridized carbons (Fsp3) is 0.333. The molecule has 0 radical (unpaired) electrons. The van der Waals surface area contributed by atoms with Gasteiger partial charge in [0, 0.05) is 12.7 Å². The molecular weight excluding hydrogens is 116 g/mol. The Morgan fingerprint density at radius 3 is 3.00 bits per heavy atom. The molecule has 0 spiro atoms. The Morgan fingerprint density at radius 2 is 2.67 bits per heavy atom. The Bertz CT molecular complexity index is 205. The van der Waals surface area contributed by atoms with Crippen molar-refractivity contribution in [1.82, 2.24) is 9.78 Å². The van der Waals surface area contributed by atoms with Crippen molar-refractivity contribution in [1.29, 1.82) is 0 Å². The molecule has 48 valence electrons. The summed E-state index contributed by atoms with van der Waals surface area (Å²) in [4.78, 5) is 10.1. The van der Waals surface area contributed by atoms with Gasteiger partial charge in [0.15, 0.2) is 6.29 Å². The number of aldehydes is 1. The van der Waals surface area contributed by atoms with Crippen LogP contribution < -0.4 is 0 Å². The molecule has 3 heteroatoms. The van der Waals surface area contributed by atoms with Crippen LogP contribution in [0.2, 0.25) is 0 Å². The summed E-state index contributed by atoms with van der Waals surface area (Å²) in [5, 5.41) is 3.90. The molecule has 0 amide bonds. The van der Waals surface area contributed by atoms with Gasteiger partial charge in [0.25, 0.3) is 0 Å². The monoisotopic (exact) mass is 124 g/mol. The third-order valence-electron chi connectivity index (χ3n) is 1.11. The molecule has 0 atom stereocenters. The van der Waals surface area contributed by atoms with Crippen LogP contribution in [0, 0.1) is 0 Å². The van der Waals surface area contributed by atoms with Crippen molar-refractivity contribution in [2.45, 2.75) is 13.5 Å². The topological polar surface area (TPSA) is 34.9 Å². The van der Waals surface area contributed by atoms with Gasteiger partial charge in [0.1, 0.15) is 5.69 Å². The molecule has 0 unspecified atom stereocenters. The Hall–Kier alpha value is -1.12. The average molecular weight is 124 g/mol. The second-order valence-corrected chi connectivity index (χ2v) is 1.71. The highest BCUT2D eigenvalue weighted by atomic mass is 16.1. The molecule has 0 aliphatic heterocycles. The minimum atomic E-state index is 0.497. The van der Waals surface area contributed by atoms with Gasteiger partial charge >= 0.3 is 0 Å². The lowest BCUT2D eigenvalue weighted by Gasteiger charge is -1.88. The average Bonchev–Trinajstić information content (AvgIpc) is 2.34. The second-order valence-electron chi connectivity index (χ2n) is 1.71. The van der Waals surface area contributed by atoms with Crippen LogP contribution >= 0.6 is 0 Å². The molecule has 1 aromatic rings. The van der Waals surface area contributed by atoms with Gasteiger partial charge in [0.05, 0.1) is 0 Å². The van der Waals surface area contributed by atoms with E-state index in [1.54, 1.807) is 16.9 Å². The molecule has 0 aromatic carbocycles. The van der Waals surface area contributed by atoms with Crippen LogP contribution in [-0.4, -0.2) is 16.1 Å². The van der Waals surface area contributed by atoms with Gasteiger partial charge in [-0.05, 0) is 13.0 Å². The Morgan fingerprint density at radius 1 is 1.89 bits per heavy atom. The molecule has 1 heterocycles. The van der Waals surface area contributed by atoms with E-state index in [0.717, 1.165) is 12.8 Å². The van der Waals surface area contributed by atoms with Crippen LogP contribution in [0.5, 0.6) is 0 Å². The predicted octanol–water partition coefficient (Wildman–Crippen LogP) is 0.715. The first kappa shape index (κ1) is 6.01. The van der Waals surface area contributed by atoms with Crippen molar-refractivity contribution in [3.63, 3.8) is 0 Å². The van der Waals surface area contributed by atoms with Crippen molar-refractivity contribution in [3.05, 3.63) is 18.0 Å². The molecule has 0 saturated carbocycles. The molecule has 0 fully saturated rings. The number of nitrogens with zero attached hydrogens (tertiary/aromatic N) is 2. The number of aryl methyl sites for hydroxylation is 1. The summed E-state index contributed by atoms with van der Waals surface area (Å²) in [6.45, 7) is 2.79. The second kappa shape index (κ2) is 2.44. The lowest BCUT2D eigenvalue weighted by atomic mass is 10.5. The molecule has 0 aliphatic carbocycles. The number of carbonyl (C=O) groups excluding carboxylic acids is 1. The summed E-state index contributed by atoms with van der Waals surface area (Å²) < 4.78 is 1.71. The standard InChI is InChI=1S/C6H8N2O/c1-2-8-4-3-6(5-9)7-8/h3-5H,2H2,1H3.